The zero-order valence-corrected chi connectivity index (χ0v) is 6.92. The highest BCUT2D eigenvalue weighted by Gasteiger charge is 2.14. The first-order chi connectivity index (χ1) is 6.09. The second-order valence-corrected chi connectivity index (χ2v) is 2.48. The zero-order valence-electron chi connectivity index (χ0n) is 6.92. The van der Waals surface area contributed by atoms with Gasteiger partial charge in [-0.2, -0.15) is 8.78 Å². The zero-order chi connectivity index (χ0) is 9.84. The summed E-state index contributed by atoms with van der Waals surface area (Å²) in [4.78, 5) is 14.3. The molecule has 1 aromatic rings. The molecule has 0 saturated carbocycles. The number of alkyl halides is 2. The maximum atomic E-state index is 11.8. The standard InChI is InChI=1S/C8H8F2N2O/c1-5-2-3-6(4-11-5)12-8(13)7(9)10/h2-4,7H,1H3,(H,12,13). The number of aromatic nitrogens is 1. The Morgan fingerprint density at radius 3 is 2.69 bits per heavy atom. The van der Waals surface area contributed by atoms with Crippen LogP contribution in [0.3, 0.4) is 0 Å². The lowest BCUT2D eigenvalue weighted by Crippen LogP contribution is -2.20. The number of pyridine rings is 1. The number of amides is 1. The first-order valence-corrected chi connectivity index (χ1v) is 3.61. The summed E-state index contributed by atoms with van der Waals surface area (Å²) in [6.07, 6.45) is -1.67. The highest BCUT2D eigenvalue weighted by Crippen LogP contribution is 2.06. The van der Waals surface area contributed by atoms with Crippen molar-refractivity contribution in [2.45, 2.75) is 13.3 Å². The van der Waals surface area contributed by atoms with Crippen LogP contribution in [0.4, 0.5) is 14.5 Å². The molecule has 1 N–H and O–H groups in total. The summed E-state index contributed by atoms with van der Waals surface area (Å²) in [5.74, 6) is -1.31. The summed E-state index contributed by atoms with van der Waals surface area (Å²) >= 11 is 0. The number of carbonyl (C=O) groups is 1. The fourth-order valence-electron chi connectivity index (χ4n) is 0.739. The molecule has 0 aliphatic heterocycles. The molecule has 1 aromatic heterocycles. The molecule has 0 aliphatic carbocycles. The Balaban J connectivity index is 2.65. The minimum absolute atomic E-state index is 0.274. The minimum Gasteiger partial charge on any atom is -0.320 e. The van der Waals surface area contributed by atoms with E-state index in [4.69, 9.17) is 0 Å². The number of halogens is 2. The Labute approximate surface area is 73.8 Å². The molecule has 3 nitrogen and oxygen atoms in total. The van der Waals surface area contributed by atoms with Crippen LogP contribution >= 0.6 is 0 Å². The normalized spacial score (nSPS) is 10.2. The average molecular weight is 186 g/mol. The van der Waals surface area contributed by atoms with Crippen LogP contribution in [0.25, 0.3) is 0 Å². The summed E-state index contributed by atoms with van der Waals surface area (Å²) in [6.45, 7) is 1.76. The van der Waals surface area contributed by atoms with Gasteiger partial charge in [-0.3, -0.25) is 9.78 Å². The summed E-state index contributed by atoms with van der Waals surface area (Å²) in [7, 11) is 0. The van der Waals surface area contributed by atoms with Gasteiger partial charge in [0.15, 0.2) is 0 Å². The highest BCUT2D eigenvalue weighted by molar-refractivity contribution is 5.92. The fourth-order valence-corrected chi connectivity index (χ4v) is 0.739. The molecule has 0 aromatic carbocycles. The average Bonchev–Trinajstić information content (AvgIpc) is 2.08. The molecule has 1 heterocycles. The molecule has 70 valence electrons. The predicted molar refractivity (Wildman–Crippen MR) is 43.6 cm³/mol. The van der Waals surface area contributed by atoms with E-state index >= 15 is 0 Å². The number of carbonyl (C=O) groups excluding carboxylic acids is 1. The van der Waals surface area contributed by atoms with Crippen molar-refractivity contribution in [1.29, 1.82) is 0 Å². The molecule has 0 bridgehead atoms. The van der Waals surface area contributed by atoms with Gasteiger partial charge in [-0.1, -0.05) is 0 Å². The lowest BCUT2D eigenvalue weighted by atomic mass is 10.3. The third-order valence-corrected chi connectivity index (χ3v) is 1.38. The summed E-state index contributed by atoms with van der Waals surface area (Å²) in [5.41, 5.74) is 1.03. The fraction of sp³-hybridized carbons (Fsp3) is 0.250. The van der Waals surface area contributed by atoms with Crippen LogP contribution in [0.2, 0.25) is 0 Å². The van der Waals surface area contributed by atoms with Gasteiger partial charge in [0.25, 0.3) is 5.91 Å². The smallest absolute Gasteiger partial charge is 0.315 e. The molecule has 13 heavy (non-hydrogen) atoms. The van der Waals surface area contributed by atoms with Gasteiger partial charge in [-0.25, -0.2) is 0 Å². The summed E-state index contributed by atoms with van der Waals surface area (Å²) < 4.78 is 23.5. The third kappa shape index (κ3) is 2.77. The SMILES string of the molecule is Cc1ccc(NC(=O)C(F)F)cn1. The van der Waals surface area contributed by atoms with Crippen LogP contribution in [-0.4, -0.2) is 17.3 Å². The summed E-state index contributed by atoms with van der Waals surface area (Å²) in [6, 6.07) is 3.14. The monoisotopic (exact) mass is 186 g/mol. The maximum Gasteiger partial charge on any atom is 0.315 e. The Hall–Kier alpha value is -1.52. The number of hydrogen-bond acceptors (Lipinski definition) is 2. The van der Waals surface area contributed by atoms with E-state index in [2.05, 4.69) is 4.98 Å². The highest BCUT2D eigenvalue weighted by atomic mass is 19.3. The molecule has 0 unspecified atom stereocenters. The van der Waals surface area contributed by atoms with Gasteiger partial charge in [0.2, 0.25) is 0 Å². The van der Waals surface area contributed by atoms with Gasteiger partial charge < -0.3 is 5.32 Å². The second kappa shape index (κ2) is 3.93. The van der Waals surface area contributed by atoms with Crippen molar-refractivity contribution < 1.29 is 13.6 Å². The molecule has 1 amide bonds. The van der Waals surface area contributed by atoms with E-state index in [0.29, 0.717) is 0 Å². The molecule has 0 saturated heterocycles. The Bertz CT molecular complexity index is 298. The van der Waals surface area contributed by atoms with Crippen LogP contribution in [0.15, 0.2) is 18.3 Å². The van der Waals surface area contributed by atoms with Crippen molar-refractivity contribution in [3.8, 4) is 0 Å². The van der Waals surface area contributed by atoms with E-state index in [1.54, 1.807) is 13.0 Å². The van der Waals surface area contributed by atoms with E-state index in [1.165, 1.54) is 12.3 Å². The maximum absolute atomic E-state index is 11.8. The first kappa shape index (κ1) is 9.57. The van der Waals surface area contributed by atoms with Gasteiger partial charge in [0.05, 0.1) is 11.9 Å². The summed E-state index contributed by atoms with van der Waals surface area (Å²) in [5, 5.41) is 2.02. The topological polar surface area (TPSA) is 42.0 Å². The molecule has 0 atom stereocenters. The second-order valence-electron chi connectivity index (χ2n) is 2.48. The molecule has 0 spiro atoms. The molecule has 1 rings (SSSR count). The van der Waals surface area contributed by atoms with E-state index < -0.39 is 12.3 Å². The van der Waals surface area contributed by atoms with Crippen molar-refractivity contribution in [2.24, 2.45) is 0 Å². The largest absolute Gasteiger partial charge is 0.320 e. The van der Waals surface area contributed by atoms with Crippen LogP contribution in [0.1, 0.15) is 5.69 Å². The van der Waals surface area contributed by atoms with Gasteiger partial charge in [0, 0.05) is 5.69 Å². The van der Waals surface area contributed by atoms with E-state index in [-0.39, 0.29) is 5.69 Å². The van der Waals surface area contributed by atoms with E-state index in [9.17, 15) is 13.6 Å². The van der Waals surface area contributed by atoms with Crippen molar-refractivity contribution in [2.75, 3.05) is 5.32 Å². The Kier molecular flexibility index (Phi) is 2.89. The van der Waals surface area contributed by atoms with Gasteiger partial charge >= 0.3 is 6.43 Å². The molecular formula is C8H8F2N2O. The molecule has 5 heteroatoms. The first-order valence-electron chi connectivity index (χ1n) is 3.61. The van der Waals surface area contributed by atoms with Crippen molar-refractivity contribution >= 4 is 11.6 Å². The quantitative estimate of drug-likeness (QED) is 0.762. The van der Waals surface area contributed by atoms with Gasteiger partial charge in [-0.15, -0.1) is 0 Å². The number of nitrogens with zero attached hydrogens (tertiary/aromatic N) is 1. The van der Waals surface area contributed by atoms with Crippen LogP contribution in [0, 0.1) is 6.92 Å². The minimum atomic E-state index is -3.00. The Morgan fingerprint density at radius 2 is 2.23 bits per heavy atom. The Morgan fingerprint density at radius 1 is 1.54 bits per heavy atom. The van der Waals surface area contributed by atoms with E-state index in [1.807, 2.05) is 5.32 Å². The van der Waals surface area contributed by atoms with Gasteiger partial charge in [0.1, 0.15) is 0 Å². The van der Waals surface area contributed by atoms with Crippen LogP contribution in [0.5, 0.6) is 0 Å². The van der Waals surface area contributed by atoms with Crippen LogP contribution in [-0.2, 0) is 4.79 Å². The number of aryl methyl sites for hydroxylation is 1. The lowest BCUT2D eigenvalue weighted by Gasteiger charge is -2.02. The molecule has 0 fully saturated rings. The van der Waals surface area contributed by atoms with Crippen molar-refractivity contribution in [3.63, 3.8) is 0 Å². The van der Waals surface area contributed by atoms with E-state index in [0.717, 1.165) is 5.69 Å². The lowest BCUT2D eigenvalue weighted by molar-refractivity contribution is -0.126. The van der Waals surface area contributed by atoms with Crippen molar-refractivity contribution in [1.82, 2.24) is 4.98 Å². The van der Waals surface area contributed by atoms with Crippen molar-refractivity contribution in [3.05, 3.63) is 24.0 Å². The number of anilines is 1. The predicted octanol–water partition coefficient (Wildman–Crippen LogP) is 1.59. The number of nitrogens with one attached hydrogen (secondary N) is 1. The van der Waals surface area contributed by atoms with Crippen LogP contribution < -0.4 is 5.32 Å². The third-order valence-electron chi connectivity index (χ3n) is 1.38. The molecule has 0 aliphatic rings. The number of rotatable bonds is 2. The molecule has 0 radical (unpaired) electrons. The number of hydrogen-bond donors (Lipinski definition) is 1. The van der Waals surface area contributed by atoms with Gasteiger partial charge in [-0.05, 0) is 19.1 Å². The molecular weight excluding hydrogens is 178 g/mol.